The standard InChI is InChI=1S/C10H15BrN4O/c1-6-8(12)3-4-15(6)10-13-5-7(11)9(14-10)16-2/h5-6,8H,3-4,12H2,1-2H3. The summed E-state index contributed by atoms with van der Waals surface area (Å²) in [6.45, 7) is 2.99. The molecule has 1 aliphatic rings. The fourth-order valence-corrected chi connectivity index (χ4v) is 2.22. The first-order valence-electron chi connectivity index (χ1n) is 5.22. The largest absolute Gasteiger partial charge is 0.480 e. The number of methoxy groups -OCH3 is 1. The maximum Gasteiger partial charge on any atom is 0.232 e. The zero-order valence-electron chi connectivity index (χ0n) is 9.35. The van der Waals surface area contributed by atoms with Crippen LogP contribution >= 0.6 is 15.9 Å². The molecule has 1 aromatic rings. The van der Waals surface area contributed by atoms with E-state index in [1.54, 1.807) is 13.3 Å². The molecule has 5 nitrogen and oxygen atoms in total. The van der Waals surface area contributed by atoms with E-state index >= 15 is 0 Å². The van der Waals surface area contributed by atoms with Crippen LogP contribution in [0.2, 0.25) is 0 Å². The lowest BCUT2D eigenvalue weighted by molar-refractivity contribution is 0.393. The first-order chi connectivity index (χ1) is 7.63. The van der Waals surface area contributed by atoms with E-state index < -0.39 is 0 Å². The topological polar surface area (TPSA) is 64.3 Å². The van der Waals surface area contributed by atoms with Crippen molar-refractivity contribution in [3.63, 3.8) is 0 Å². The summed E-state index contributed by atoms with van der Waals surface area (Å²) in [5.41, 5.74) is 5.97. The molecule has 1 fully saturated rings. The predicted molar refractivity (Wildman–Crippen MR) is 65.7 cm³/mol. The number of halogens is 1. The molecule has 2 rings (SSSR count). The molecule has 2 unspecified atom stereocenters. The molecule has 2 atom stereocenters. The minimum Gasteiger partial charge on any atom is -0.480 e. The van der Waals surface area contributed by atoms with Gasteiger partial charge in [0.1, 0.15) is 0 Å². The summed E-state index contributed by atoms with van der Waals surface area (Å²) < 4.78 is 5.91. The monoisotopic (exact) mass is 286 g/mol. The van der Waals surface area contributed by atoms with Crippen molar-refractivity contribution in [2.24, 2.45) is 5.73 Å². The smallest absolute Gasteiger partial charge is 0.232 e. The second-order valence-electron chi connectivity index (χ2n) is 3.91. The Morgan fingerprint density at radius 1 is 1.62 bits per heavy atom. The maximum absolute atomic E-state index is 5.97. The SMILES string of the molecule is COc1nc(N2CCC(N)C2C)ncc1Br. The fraction of sp³-hybridized carbons (Fsp3) is 0.600. The fourth-order valence-electron chi connectivity index (χ4n) is 1.87. The molecule has 1 aliphatic heterocycles. The van der Waals surface area contributed by atoms with Crippen molar-refractivity contribution in [3.05, 3.63) is 10.7 Å². The molecular formula is C10H15BrN4O. The highest BCUT2D eigenvalue weighted by Gasteiger charge is 2.29. The van der Waals surface area contributed by atoms with E-state index in [1.807, 2.05) is 0 Å². The van der Waals surface area contributed by atoms with Crippen LogP contribution in [0.1, 0.15) is 13.3 Å². The van der Waals surface area contributed by atoms with E-state index in [0.29, 0.717) is 11.8 Å². The van der Waals surface area contributed by atoms with Crippen molar-refractivity contribution in [3.8, 4) is 5.88 Å². The molecule has 0 amide bonds. The van der Waals surface area contributed by atoms with Gasteiger partial charge in [-0.15, -0.1) is 0 Å². The third-order valence-corrected chi connectivity index (χ3v) is 3.51. The molecule has 16 heavy (non-hydrogen) atoms. The summed E-state index contributed by atoms with van der Waals surface area (Å²) in [4.78, 5) is 10.7. The molecule has 0 radical (unpaired) electrons. The van der Waals surface area contributed by atoms with Gasteiger partial charge in [-0.1, -0.05) is 0 Å². The van der Waals surface area contributed by atoms with Gasteiger partial charge in [-0.3, -0.25) is 0 Å². The van der Waals surface area contributed by atoms with Crippen LogP contribution in [0.3, 0.4) is 0 Å². The highest BCUT2D eigenvalue weighted by atomic mass is 79.9. The van der Waals surface area contributed by atoms with Crippen molar-refractivity contribution in [2.45, 2.75) is 25.4 Å². The molecule has 0 saturated carbocycles. The van der Waals surface area contributed by atoms with Gasteiger partial charge in [0.05, 0.1) is 17.8 Å². The van der Waals surface area contributed by atoms with Crippen molar-refractivity contribution < 1.29 is 4.74 Å². The van der Waals surface area contributed by atoms with Crippen LogP contribution in [0.5, 0.6) is 5.88 Å². The highest BCUT2D eigenvalue weighted by molar-refractivity contribution is 9.10. The zero-order valence-corrected chi connectivity index (χ0v) is 10.9. The normalized spacial score (nSPS) is 24.9. The number of nitrogens with zero attached hydrogens (tertiary/aromatic N) is 3. The second kappa shape index (κ2) is 4.55. The van der Waals surface area contributed by atoms with Crippen molar-refractivity contribution >= 4 is 21.9 Å². The molecule has 6 heteroatoms. The summed E-state index contributed by atoms with van der Waals surface area (Å²) in [6.07, 6.45) is 2.68. The lowest BCUT2D eigenvalue weighted by atomic mass is 10.2. The Kier molecular flexibility index (Phi) is 3.30. The van der Waals surface area contributed by atoms with E-state index in [-0.39, 0.29) is 12.1 Å². The highest BCUT2D eigenvalue weighted by Crippen LogP contribution is 2.27. The molecule has 0 aliphatic carbocycles. The summed E-state index contributed by atoms with van der Waals surface area (Å²) in [7, 11) is 1.59. The summed E-state index contributed by atoms with van der Waals surface area (Å²) in [6, 6.07) is 0.462. The number of aromatic nitrogens is 2. The first kappa shape index (κ1) is 11.6. The summed E-state index contributed by atoms with van der Waals surface area (Å²) in [5.74, 6) is 1.23. The van der Waals surface area contributed by atoms with Gasteiger partial charge in [0.25, 0.3) is 0 Å². The first-order valence-corrected chi connectivity index (χ1v) is 6.01. The Morgan fingerprint density at radius 2 is 2.38 bits per heavy atom. The lowest BCUT2D eigenvalue weighted by Gasteiger charge is -2.23. The Morgan fingerprint density at radius 3 is 2.94 bits per heavy atom. The van der Waals surface area contributed by atoms with Crippen LogP contribution in [-0.2, 0) is 0 Å². The van der Waals surface area contributed by atoms with E-state index in [1.165, 1.54) is 0 Å². The van der Waals surface area contributed by atoms with Gasteiger partial charge in [-0.05, 0) is 29.3 Å². The number of ether oxygens (including phenoxy) is 1. The van der Waals surface area contributed by atoms with Crippen molar-refractivity contribution in [1.29, 1.82) is 0 Å². The predicted octanol–water partition coefficient (Wildman–Crippen LogP) is 1.17. The number of hydrogen-bond acceptors (Lipinski definition) is 5. The lowest BCUT2D eigenvalue weighted by Crippen LogP contribution is -2.37. The Bertz CT molecular complexity index is 387. The van der Waals surface area contributed by atoms with Crippen LogP contribution in [0.25, 0.3) is 0 Å². The van der Waals surface area contributed by atoms with Gasteiger partial charge < -0.3 is 15.4 Å². The molecular weight excluding hydrogens is 272 g/mol. The maximum atomic E-state index is 5.97. The van der Waals surface area contributed by atoms with E-state index in [2.05, 4.69) is 37.7 Å². The van der Waals surface area contributed by atoms with Crippen LogP contribution in [0.15, 0.2) is 10.7 Å². The quantitative estimate of drug-likeness (QED) is 0.884. The number of anilines is 1. The Labute approximate surface area is 103 Å². The molecule has 88 valence electrons. The molecule has 2 N–H and O–H groups in total. The third-order valence-electron chi connectivity index (χ3n) is 2.96. The summed E-state index contributed by atoms with van der Waals surface area (Å²) in [5, 5.41) is 0. The number of rotatable bonds is 2. The third kappa shape index (κ3) is 1.99. The Hall–Kier alpha value is -0.880. The van der Waals surface area contributed by atoms with Crippen molar-refractivity contribution in [1.82, 2.24) is 9.97 Å². The van der Waals surface area contributed by atoms with Crippen LogP contribution < -0.4 is 15.4 Å². The molecule has 0 spiro atoms. The Balaban J connectivity index is 2.27. The van der Waals surface area contributed by atoms with E-state index in [0.717, 1.165) is 17.4 Å². The number of nitrogens with two attached hydrogens (primary N) is 1. The summed E-state index contributed by atoms with van der Waals surface area (Å²) >= 11 is 3.33. The van der Waals surface area contributed by atoms with Gasteiger partial charge >= 0.3 is 0 Å². The van der Waals surface area contributed by atoms with Crippen LogP contribution in [0.4, 0.5) is 5.95 Å². The van der Waals surface area contributed by atoms with E-state index in [4.69, 9.17) is 10.5 Å². The van der Waals surface area contributed by atoms with Gasteiger partial charge in [-0.25, -0.2) is 4.98 Å². The van der Waals surface area contributed by atoms with Gasteiger partial charge in [0.15, 0.2) is 0 Å². The van der Waals surface area contributed by atoms with E-state index in [9.17, 15) is 0 Å². The molecule has 0 aromatic carbocycles. The molecule has 2 heterocycles. The minimum absolute atomic E-state index is 0.193. The average molecular weight is 287 g/mol. The van der Waals surface area contributed by atoms with Gasteiger partial charge in [0, 0.05) is 18.6 Å². The van der Waals surface area contributed by atoms with Crippen molar-refractivity contribution in [2.75, 3.05) is 18.6 Å². The molecule has 1 saturated heterocycles. The minimum atomic E-state index is 0.193. The second-order valence-corrected chi connectivity index (χ2v) is 4.77. The van der Waals surface area contributed by atoms with Gasteiger partial charge in [0.2, 0.25) is 11.8 Å². The number of hydrogen-bond donors (Lipinski definition) is 1. The van der Waals surface area contributed by atoms with Crippen LogP contribution in [-0.4, -0.2) is 35.7 Å². The van der Waals surface area contributed by atoms with Gasteiger partial charge in [-0.2, -0.15) is 4.98 Å². The average Bonchev–Trinajstić information content (AvgIpc) is 2.61. The van der Waals surface area contributed by atoms with Crippen LogP contribution in [0, 0.1) is 0 Å². The molecule has 0 bridgehead atoms. The molecule has 1 aromatic heterocycles. The zero-order chi connectivity index (χ0) is 11.7.